The highest BCUT2D eigenvalue weighted by Gasteiger charge is 2.19. The fourth-order valence-electron chi connectivity index (χ4n) is 3.08. The van der Waals surface area contributed by atoms with E-state index in [4.69, 9.17) is 4.74 Å². The Morgan fingerprint density at radius 1 is 1.00 bits per heavy atom. The fraction of sp³-hybridized carbons (Fsp3) is 0.350. The van der Waals surface area contributed by atoms with Gasteiger partial charge in [0.05, 0.1) is 7.11 Å². The van der Waals surface area contributed by atoms with Crippen molar-refractivity contribution in [3.05, 3.63) is 60.2 Å². The molecule has 3 rings (SSSR count). The van der Waals surface area contributed by atoms with Crippen molar-refractivity contribution < 1.29 is 4.74 Å². The van der Waals surface area contributed by atoms with E-state index in [1.165, 1.54) is 11.3 Å². The topological polar surface area (TPSA) is 40.1 Å². The number of benzene rings is 2. The molecule has 5 heteroatoms. The lowest BCUT2D eigenvalue weighted by Crippen LogP contribution is -2.52. The lowest BCUT2D eigenvalue weighted by Gasteiger charge is -2.37. The van der Waals surface area contributed by atoms with Gasteiger partial charge in [-0.1, -0.05) is 30.3 Å². The average molecular weight is 338 g/mol. The maximum atomic E-state index is 5.23. The SMILES string of the molecule is CN=C(NCc1ccccc1)N1CCN(c2ccc(OC)cc2)CC1. The highest BCUT2D eigenvalue weighted by atomic mass is 16.5. The third-order valence-electron chi connectivity index (χ3n) is 4.52. The molecule has 1 saturated heterocycles. The molecule has 2 aromatic rings. The minimum absolute atomic E-state index is 0.798. The molecule has 0 aromatic heterocycles. The fourth-order valence-corrected chi connectivity index (χ4v) is 3.08. The number of nitrogens with zero attached hydrogens (tertiary/aromatic N) is 3. The van der Waals surface area contributed by atoms with Gasteiger partial charge in [-0.25, -0.2) is 0 Å². The van der Waals surface area contributed by atoms with Crippen LogP contribution in [0.2, 0.25) is 0 Å². The number of aliphatic imine (C=N–C) groups is 1. The third kappa shape index (κ3) is 4.44. The predicted molar refractivity (Wildman–Crippen MR) is 103 cm³/mol. The van der Waals surface area contributed by atoms with Gasteiger partial charge in [0.1, 0.15) is 5.75 Å². The molecule has 0 unspecified atom stereocenters. The van der Waals surface area contributed by atoms with E-state index in [2.05, 4.69) is 56.5 Å². The zero-order chi connectivity index (χ0) is 17.5. The van der Waals surface area contributed by atoms with Crippen molar-refractivity contribution >= 4 is 11.6 Å². The molecule has 1 aliphatic heterocycles. The van der Waals surface area contributed by atoms with Crippen molar-refractivity contribution in [2.24, 2.45) is 4.99 Å². The molecular weight excluding hydrogens is 312 g/mol. The van der Waals surface area contributed by atoms with Crippen molar-refractivity contribution in [2.45, 2.75) is 6.54 Å². The van der Waals surface area contributed by atoms with Crippen LogP contribution in [0.5, 0.6) is 5.75 Å². The molecule has 132 valence electrons. The lowest BCUT2D eigenvalue weighted by atomic mass is 10.2. The molecule has 1 fully saturated rings. The summed E-state index contributed by atoms with van der Waals surface area (Å²) < 4.78 is 5.23. The normalized spacial score (nSPS) is 15.2. The van der Waals surface area contributed by atoms with Crippen LogP contribution in [0.15, 0.2) is 59.6 Å². The number of methoxy groups -OCH3 is 1. The number of rotatable bonds is 4. The molecule has 0 saturated carbocycles. The van der Waals surface area contributed by atoms with Gasteiger partial charge in [-0.05, 0) is 29.8 Å². The summed E-state index contributed by atoms with van der Waals surface area (Å²) in [5, 5.41) is 3.47. The van der Waals surface area contributed by atoms with Gasteiger partial charge < -0.3 is 19.9 Å². The van der Waals surface area contributed by atoms with Crippen LogP contribution in [-0.4, -0.2) is 51.2 Å². The summed E-state index contributed by atoms with van der Waals surface area (Å²) in [5.74, 6) is 1.87. The predicted octanol–water partition coefficient (Wildman–Crippen LogP) is 2.59. The second-order valence-corrected chi connectivity index (χ2v) is 6.06. The molecule has 25 heavy (non-hydrogen) atoms. The maximum absolute atomic E-state index is 5.23. The summed E-state index contributed by atoms with van der Waals surface area (Å²) in [6.07, 6.45) is 0. The Kier molecular flexibility index (Phi) is 5.77. The molecule has 1 aliphatic rings. The minimum atomic E-state index is 0.798. The second-order valence-electron chi connectivity index (χ2n) is 6.06. The Balaban J connectivity index is 1.53. The summed E-state index contributed by atoms with van der Waals surface area (Å²) in [6.45, 7) is 4.68. The molecule has 5 nitrogen and oxygen atoms in total. The van der Waals surface area contributed by atoms with Crippen LogP contribution in [0.4, 0.5) is 5.69 Å². The van der Waals surface area contributed by atoms with Crippen LogP contribution >= 0.6 is 0 Å². The van der Waals surface area contributed by atoms with Crippen molar-refractivity contribution in [3.8, 4) is 5.75 Å². The molecule has 0 amide bonds. The lowest BCUT2D eigenvalue weighted by molar-refractivity contribution is 0.372. The number of guanidine groups is 1. The summed E-state index contributed by atoms with van der Waals surface area (Å²) >= 11 is 0. The van der Waals surface area contributed by atoms with E-state index in [9.17, 15) is 0 Å². The Bertz CT molecular complexity index is 677. The first-order valence-electron chi connectivity index (χ1n) is 8.68. The van der Waals surface area contributed by atoms with E-state index >= 15 is 0 Å². The molecular formula is C20H26N4O. The van der Waals surface area contributed by atoms with Gasteiger partial charge in [-0.15, -0.1) is 0 Å². The molecule has 0 atom stereocenters. The van der Waals surface area contributed by atoms with Crippen LogP contribution in [0.25, 0.3) is 0 Å². The zero-order valence-corrected chi connectivity index (χ0v) is 15.0. The van der Waals surface area contributed by atoms with Gasteiger partial charge in [0.25, 0.3) is 0 Å². The van der Waals surface area contributed by atoms with Crippen LogP contribution in [0, 0.1) is 0 Å². The number of ether oxygens (including phenoxy) is 1. The van der Waals surface area contributed by atoms with Gasteiger partial charge in [0.2, 0.25) is 0 Å². The second kappa shape index (κ2) is 8.42. The summed E-state index contributed by atoms with van der Waals surface area (Å²) in [4.78, 5) is 9.17. The first-order chi connectivity index (χ1) is 12.3. The highest BCUT2D eigenvalue weighted by molar-refractivity contribution is 5.80. The standard InChI is InChI=1S/C20H26N4O/c1-21-20(22-16-17-6-4-3-5-7-17)24-14-12-23(13-15-24)18-8-10-19(25-2)11-9-18/h3-11H,12-16H2,1-2H3,(H,21,22). The highest BCUT2D eigenvalue weighted by Crippen LogP contribution is 2.20. The number of anilines is 1. The maximum Gasteiger partial charge on any atom is 0.194 e. The van der Waals surface area contributed by atoms with Crippen molar-refractivity contribution in [2.75, 3.05) is 45.2 Å². The number of hydrogen-bond donors (Lipinski definition) is 1. The van der Waals surface area contributed by atoms with Crippen molar-refractivity contribution in [1.29, 1.82) is 0 Å². The Morgan fingerprint density at radius 2 is 1.68 bits per heavy atom. The molecule has 2 aromatic carbocycles. The van der Waals surface area contributed by atoms with Crippen LogP contribution in [0.3, 0.4) is 0 Å². The Hall–Kier alpha value is -2.69. The van der Waals surface area contributed by atoms with Crippen molar-refractivity contribution in [1.82, 2.24) is 10.2 Å². The smallest absolute Gasteiger partial charge is 0.194 e. The van der Waals surface area contributed by atoms with E-state index in [0.717, 1.165) is 44.4 Å². The van der Waals surface area contributed by atoms with Crippen LogP contribution in [0.1, 0.15) is 5.56 Å². The summed E-state index contributed by atoms with van der Waals surface area (Å²) in [5.41, 5.74) is 2.51. The average Bonchev–Trinajstić information content (AvgIpc) is 2.70. The van der Waals surface area contributed by atoms with E-state index in [1.807, 2.05) is 25.2 Å². The summed E-state index contributed by atoms with van der Waals surface area (Å²) in [7, 11) is 3.55. The van der Waals surface area contributed by atoms with E-state index in [0.29, 0.717) is 0 Å². The van der Waals surface area contributed by atoms with Gasteiger partial charge in [0, 0.05) is 45.5 Å². The number of piperazine rings is 1. The van der Waals surface area contributed by atoms with Gasteiger partial charge in [0.15, 0.2) is 5.96 Å². The largest absolute Gasteiger partial charge is 0.497 e. The van der Waals surface area contributed by atoms with E-state index in [1.54, 1.807) is 7.11 Å². The molecule has 1 N–H and O–H groups in total. The summed E-state index contributed by atoms with van der Waals surface area (Å²) in [6, 6.07) is 18.7. The molecule has 0 radical (unpaired) electrons. The monoisotopic (exact) mass is 338 g/mol. The first-order valence-corrected chi connectivity index (χ1v) is 8.68. The van der Waals surface area contributed by atoms with Gasteiger partial charge in [-0.3, -0.25) is 4.99 Å². The van der Waals surface area contributed by atoms with Crippen LogP contribution < -0.4 is 15.0 Å². The number of hydrogen-bond acceptors (Lipinski definition) is 3. The van der Waals surface area contributed by atoms with E-state index < -0.39 is 0 Å². The molecule has 0 bridgehead atoms. The molecule has 0 aliphatic carbocycles. The van der Waals surface area contributed by atoms with Crippen LogP contribution in [-0.2, 0) is 6.54 Å². The number of nitrogens with one attached hydrogen (secondary N) is 1. The third-order valence-corrected chi connectivity index (χ3v) is 4.52. The van der Waals surface area contributed by atoms with Gasteiger partial charge in [-0.2, -0.15) is 0 Å². The minimum Gasteiger partial charge on any atom is -0.497 e. The van der Waals surface area contributed by atoms with E-state index in [-0.39, 0.29) is 0 Å². The zero-order valence-electron chi connectivity index (χ0n) is 15.0. The van der Waals surface area contributed by atoms with Gasteiger partial charge >= 0.3 is 0 Å². The molecule has 0 spiro atoms. The van der Waals surface area contributed by atoms with Crippen molar-refractivity contribution in [3.63, 3.8) is 0 Å². The first kappa shape index (κ1) is 17.1. The molecule has 1 heterocycles. The Morgan fingerprint density at radius 3 is 2.28 bits per heavy atom. The quantitative estimate of drug-likeness (QED) is 0.687. The Labute approximate surface area is 149 Å².